The smallest absolute Gasteiger partial charge is 0.293 e. The second-order valence-electron chi connectivity index (χ2n) is 6.45. The molecule has 0 spiro atoms. The van der Waals surface area contributed by atoms with Crippen molar-refractivity contribution in [2.75, 3.05) is 36.4 Å². The zero-order valence-corrected chi connectivity index (χ0v) is 16.9. The Kier molecular flexibility index (Phi) is 5.77. The number of aromatic nitrogens is 2. The molecule has 0 aliphatic carbocycles. The highest BCUT2D eigenvalue weighted by Crippen LogP contribution is 2.19. The first-order valence-corrected chi connectivity index (χ1v) is 10.3. The van der Waals surface area contributed by atoms with Crippen molar-refractivity contribution >= 4 is 45.7 Å². The van der Waals surface area contributed by atoms with E-state index in [0.717, 1.165) is 5.82 Å². The van der Waals surface area contributed by atoms with Crippen LogP contribution in [0.5, 0.6) is 0 Å². The molecule has 4 heterocycles. The van der Waals surface area contributed by atoms with Crippen LogP contribution in [-0.2, 0) is 11.2 Å². The number of nitrogens with one attached hydrogen (secondary N) is 1. The Labute approximate surface area is 176 Å². The van der Waals surface area contributed by atoms with Gasteiger partial charge < -0.3 is 14.2 Å². The van der Waals surface area contributed by atoms with E-state index >= 15 is 0 Å². The standard InChI is InChI=1S/C19H18ClN5O3S/c20-13-3-4-16(21-11-13)24-5-7-25(8-6-24)17(26)10-14-12-29-19(22-14)23-18(27)15-2-1-9-28-15/h1-4,9,11-12H,5-8,10H2,(H,22,23,27). The molecule has 0 unspecified atom stereocenters. The SMILES string of the molecule is O=C(Nc1nc(CC(=O)N2CCN(c3ccc(Cl)cn3)CC2)cs1)c1ccco1. The van der Waals surface area contributed by atoms with Crippen LogP contribution in [0.2, 0.25) is 5.02 Å². The van der Waals surface area contributed by atoms with Crippen molar-refractivity contribution in [3.63, 3.8) is 0 Å². The molecule has 1 aliphatic rings. The number of rotatable bonds is 5. The van der Waals surface area contributed by atoms with E-state index in [1.165, 1.54) is 17.6 Å². The number of carbonyl (C=O) groups is 2. The summed E-state index contributed by atoms with van der Waals surface area (Å²) in [6.07, 6.45) is 3.26. The van der Waals surface area contributed by atoms with E-state index in [4.69, 9.17) is 16.0 Å². The molecule has 1 N–H and O–H groups in total. The second kappa shape index (κ2) is 8.62. The van der Waals surface area contributed by atoms with Crippen molar-refractivity contribution in [2.24, 2.45) is 0 Å². The molecule has 150 valence electrons. The number of furan rings is 1. The number of carbonyl (C=O) groups excluding carboxylic acids is 2. The minimum Gasteiger partial charge on any atom is -0.459 e. The molecule has 2 amide bonds. The Balaban J connectivity index is 1.28. The first kappa shape index (κ1) is 19.4. The summed E-state index contributed by atoms with van der Waals surface area (Å²) in [4.78, 5) is 37.2. The monoisotopic (exact) mass is 431 g/mol. The van der Waals surface area contributed by atoms with E-state index in [1.807, 2.05) is 17.0 Å². The molecule has 0 bridgehead atoms. The molecule has 0 atom stereocenters. The first-order chi connectivity index (χ1) is 14.1. The summed E-state index contributed by atoms with van der Waals surface area (Å²) < 4.78 is 5.05. The maximum absolute atomic E-state index is 12.6. The van der Waals surface area contributed by atoms with Gasteiger partial charge in [0.25, 0.3) is 5.91 Å². The largest absolute Gasteiger partial charge is 0.459 e. The van der Waals surface area contributed by atoms with Crippen LogP contribution in [0.1, 0.15) is 16.2 Å². The zero-order chi connectivity index (χ0) is 20.2. The van der Waals surface area contributed by atoms with Crippen LogP contribution in [0.3, 0.4) is 0 Å². The molecule has 4 rings (SSSR count). The third-order valence-electron chi connectivity index (χ3n) is 4.52. The Morgan fingerprint density at radius 3 is 2.72 bits per heavy atom. The highest BCUT2D eigenvalue weighted by atomic mass is 35.5. The number of anilines is 2. The Bertz CT molecular complexity index is 982. The predicted octanol–water partition coefficient (Wildman–Crippen LogP) is 2.93. The minimum atomic E-state index is -0.367. The fraction of sp³-hybridized carbons (Fsp3) is 0.263. The van der Waals surface area contributed by atoms with Crippen molar-refractivity contribution in [1.82, 2.24) is 14.9 Å². The van der Waals surface area contributed by atoms with Crippen LogP contribution in [-0.4, -0.2) is 52.9 Å². The highest BCUT2D eigenvalue weighted by Gasteiger charge is 2.23. The van der Waals surface area contributed by atoms with Crippen molar-refractivity contribution < 1.29 is 14.0 Å². The van der Waals surface area contributed by atoms with Gasteiger partial charge in [-0.05, 0) is 24.3 Å². The average Bonchev–Trinajstić information content (AvgIpc) is 3.41. The van der Waals surface area contributed by atoms with Gasteiger partial charge in [0.1, 0.15) is 5.82 Å². The predicted molar refractivity (Wildman–Crippen MR) is 111 cm³/mol. The summed E-state index contributed by atoms with van der Waals surface area (Å²) in [7, 11) is 0. The normalized spacial score (nSPS) is 14.1. The summed E-state index contributed by atoms with van der Waals surface area (Å²) in [6, 6.07) is 6.91. The van der Waals surface area contributed by atoms with Gasteiger partial charge in [0, 0.05) is 37.8 Å². The van der Waals surface area contributed by atoms with Gasteiger partial charge in [-0.2, -0.15) is 0 Å². The van der Waals surface area contributed by atoms with Gasteiger partial charge in [-0.15, -0.1) is 11.3 Å². The van der Waals surface area contributed by atoms with Gasteiger partial charge >= 0.3 is 0 Å². The van der Waals surface area contributed by atoms with Crippen LogP contribution in [0.25, 0.3) is 0 Å². The van der Waals surface area contributed by atoms with Gasteiger partial charge in [0.15, 0.2) is 10.9 Å². The first-order valence-electron chi connectivity index (χ1n) is 9.02. The van der Waals surface area contributed by atoms with Crippen LogP contribution < -0.4 is 10.2 Å². The van der Waals surface area contributed by atoms with E-state index in [-0.39, 0.29) is 24.0 Å². The fourth-order valence-corrected chi connectivity index (χ4v) is 3.84. The summed E-state index contributed by atoms with van der Waals surface area (Å²) in [5.74, 6) is 0.723. The molecule has 10 heteroatoms. The maximum atomic E-state index is 12.6. The third-order valence-corrected chi connectivity index (χ3v) is 5.55. The number of hydrogen-bond acceptors (Lipinski definition) is 7. The molecular formula is C19H18ClN5O3S. The minimum absolute atomic E-state index is 0.0166. The van der Waals surface area contributed by atoms with Crippen LogP contribution >= 0.6 is 22.9 Å². The topological polar surface area (TPSA) is 91.6 Å². The van der Waals surface area contributed by atoms with Crippen LogP contribution in [0.15, 0.2) is 46.5 Å². The molecule has 8 nitrogen and oxygen atoms in total. The summed E-state index contributed by atoms with van der Waals surface area (Å²) >= 11 is 7.16. The van der Waals surface area contributed by atoms with Gasteiger partial charge in [-0.1, -0.05) is 11.6 Å². The van der Waals surface area contributed by atoms with Crippen molar-refractivity contribution in [2.45, 2.75) is 6.42 Å². The summed E-state index contributed by atoms with van der Waals surface area (Å²) in [5.41, 5.74) is 0.636. The van der Waals surface area contributed by atoms with E-state index < -0.39 is 0 Å². The Morgan fingerprint density at radius 2 is 2.03 bits per heavy atom. The molecule has 0 saturated carbocycles. The second-order valence-corrected chi connectivity index (χ2v) is 7.75. The Hall–Kier alpha value is -2.91. The number of pyridine rings is 1. The van der Waals surface area contributed by atoms with Crippen LogP contribution in [0, 0.1) is 0 Å². The molecule has 29 heavy (non-hydrogen) atoms. The van der Waals surface area contributed by atoms with E-state index in [2.05, 4.69) is 20.2 Å². The van der Waals surface area contributed by atoms with Crippen LogP contribution in [0.4, 0.5) is 10.9 Å². The molecule has 1 aliphatic heterocycles. The number of amides is 2. The lowest BCUT2D eigenvalue weighted by Crippen LogP contribution is -2.49. The lowest BCUT2D eigenvalue weighted by atomic mass is 10.2. The fourth-order valence-electron chi connectivity index (χ4n) is 3.02. The third kappa shape index (κ3) is 4.75. The Morgan fingerprint density at radius 1 is 1.21 bits per heavy atom. The maximum Gasteiger partial charge on any atom is 0.293 e. The van der Waals surface area contributed by atoms with Gasteiger partial charge in [-0.25, -0.2) is 9.97 Å². The molecule has 3 aromatic heterocycles. The van der Waals surface area contributed by atoms with Gasteiger partial charge in [0.2, 0.25) is 5.91 Å². The van der Waals surface area contributed by atoms with Crippen molar-refractivity contribution in [3.05, 3.63) is 58.6 Å². The van der Waals surface area contributed by atoms with E-state index in [9.17, 15) is 9.59 Å². The molecule has 3 aromatic rings. The van der Waals surface area contributed by atoms with Gasteiger partial charge in [-0.3, -0.25) is 14.9 Å². The quantitative estimate of drug-likeness (QED) is 0.667. The number of hydrogen-bond donors (Lipinski definition) is 1. The van der Waals surface area contributed by atoms with E-state index in [0.29, 0.717) is 42.0 Å². The zero-order valence-electron chi connectivity index (χ0n) is 15.4. The summed E-state index contributed by atoms with van der Waals surface area (Å²) in [5, 5.41) is 5.49. The van der Waals surface area contributed by atoms with Gasteiger partial charge in [0.05, 0.1) is 23.4 Å². The lowest BCUT2D eigenvalue weighted by molar-refractivity contribution is -0.130. The molecule has 1 saturated heterocycles. The number of halogens is 1. The summed E-state index contributed by atoms with van der Waals surface area (Å²) in [6.45, 7) is 2.66. The molecule has 0 radical (unpaired) electrons. The number of nitrogens with zero attached hydrogens (tertiary/aromatic N) is 4. The average molecular weight is 432 g/mol. The van der Waals surface area contributed by atoms with Crippen molar-refractivity contribution in [1.29, 1.82) is 0 Å². The van der Waals surface area contributed by atoms with E-state index in [1.54, 1.807) is 23.7 Å². The highest BCUT2D eigenvalue weighted by molar-refractivity contribution is 7.14. The molecule has 1 fully saturated rings. The lowest BCUT2D eigenvalue weighted by Gasteiger charge is -2.35. The number of piperazine rings is 1. The van der Waals surface area contributed by atoms with Crippen molar-refractivity contribution in [3.8, 4) is 0 Å². The molecule has 0 aromatic carbocycles. The number of thiazole rings is 1. The molecular weight excluding hydrogens is 414 g/mol.